The van der Waals surface area contributed by atoms with Crippen LogP contribution < -0.4 is 0 Å². The Balaban J connectivity index is 1.78. The summed E-state index contributed by atoms with van der Waals surface area (Å²) in [5.74, 6) is -0.0768. The maximum absolute atomic E-state index is 12.4. The molecule has 0 amide bonds. The average Bonchev–Trinajstić information content (AvgIpc) is 2.87. The van der Waals surface area contributed by atoms with Gasteiger partial charge in [0.05, 0.1) is 6.10 Å². The lowest BCUT2D eigenvalue weighted by Gasteiger charge is -2.60. The van der Waals surface area contributed by atoms with Crippen molar-refractivity contribution in [2.45, 2.75) is 58.2 Å². The lowest BCUT2D eigenvalue weighted by molar-refractivity contribution is -0.180. The van der Waals surface area contributed by atoms with Gasteiger partial charge in [0.25, 0.3) is 0 Å². The average molecular weight is 374 g/mol. The van der Waals surface area contributed by atoms with E-state index in [4.69, 9.17) is 0 Å². The summed E-state index contributed by atoms with van der Waals surface area (Å²) < 4.78 is 0. The molecule has 3 saturated carbocycles. The Morgan fingerprint density at radius 2 is 2.04 bits per heavy atom. The lowest BCUT2D eigenvalue weighted by atomic mass is 9.45. The van der Waals surface area contributed by atoms with Crippen molar-refractivity contribution in [3.63, 3.8) is 0 Å². The summed E-state index contributed by atoms with van der Waals surface area (Å²) in [7, 11) is 0. The van der Waals surface area contributed by atoms with E-state index in [1.54, 1.807) is 12.2 Å². The molecule has 4 unspecified atom stereocenters. The molecular weight excluding hydrogens is 344 g/mol. The zero-order chi connectivity index (χ0) is 19.8. The van der Waals surface area contributed by atoms with Crippen molar-refractivity contribution in [1.82, 2.24) is 0 Å². The molecule has 4 rings (SSSR count). The van der Waals surface area contributed by atoms with Crippen molar-refractivity contribution < 1.29 is 24.9 Å². The van der Waals surface area contributed by atoms with E-state index in [0.29, 0.717) is 12.8 Å². The van der Waals surface area contributed by atoms with Gasteiger partial charge in [0.1, 0.15) is 12.2 Å². The monoisotopic (exact) mass is 374 g/mol. The van der Waals surface area contributed by atoms with Crippen LogP contribution in [-0.4, -0.2) is 45.2 Å². The third kappa shape index (κ3) is 2.28. The Morgan fingerprint density at radius 3 is 2.70 bits per heavy atom. The van der Waals surface area contributed by atoms with E-state index >= 15 is 0 Å². The number of aliphatic hydroxyl groups is 3. The van der Waals surface area contributed by atoms with E-state index in [0.717, 1.165) is 18.4 Å². The number of Topliss-reactive ketones (excluding diaryl/α,β-unsaturated/α-hetero) is 1. The molecule has 0 aromatic carbocycles. The van der Waals surface area contributed by atoms with Crippen molar-refractivity contribution in [1.29, 1.82) is 0 Å². The Bertz CT molecular complexity index is 754. The second-order valence-corrected chi connectivity index (χ2v) is 9.72. The van der Waals surface area contributed by atoms with Gasteiger partial charge in [-0.2, -0.15) is 0 Å². The Morgan fingerprint density at radius 1 is 1.33 bits per heavy atom. The number of rotatable bonds is 2. The first-order valence-electron chi connectivity index (χ1n) is 10.1. The molecule has 4 aliphatic carbocycles. The molecule has 27 heavy (non-hydrogen) atoms. The molecule has 0 aliphatic heterocycles. The highest BCUT2D eigenvalue weighted by atomic mass is 16.3. The third-order valence-electron chi connectivity index (χ3n) is 8.57. The predicted molar refractivity (Wildman–Crippen MR) is 99.6 cm³/mol. The van der Waals surface area contributed by atoms with Crippen molar-refractivity contribution in [2.24, 2.45) is 34.5 Å². The normalized spacial score (nSPS) is 51.3. The van der Waals surface area contributed by atoms with Gasteiger partial charge < -0.3 is 15.3 Å². The third-order valence-corrected chi connectivity index (χ3v) is 8.57. The SMILES string of the molecule is C[C@H]1CC2C(C(O)C[C@@]3(C)C2CC[C@]3(O)C(=O)CO)[C@@]2(C)C=CC(=O)C=C12. The van der Waals surface area contributed by atoms with Gasteiger partial charge in [-0.3, -0.25) is 9.59 Å². The van der Waals surface area contributed by atoms with E-state index in [1.165, 1.54) is 0 Å². The maximum Gasteiger partial charge on any atom is 0.190 e. The second-order valence-electron chi connectivity index (χ2n) is 9.72. The number of carbonyl (C=O) groups is 2. The number of carbonyl (C=O) groups excluding carboxylic acids is 2. The summed E-state index contributed by atoms with van der Waals surface area (Å²) in [6.07, 6.45) is 6.87. The van der Waals surface area contributed by atoms with Crippen LogP contribution in [0.2, 0.25) is 0 Å². The molecule has 0 spiro atoms. The minimum atomic E-state index is -1.57. The van der Waals surface area contributed by atoms with E-state index in [2.05, 4.69) is 13.8 Å². The van der Waals surface area contributed by atoms with Gasteiger partial charge in [0, 0.05) is 16.7 Å². The topological polar surface area (TPSA) is 94.8 Å². The zero-order valence-corrected chi connectivity index (χ0v) is 16.3. The minimum absolute atomic E-state index is 0.00620. The van der Waals surface area contributed by atoms with E-state index in [9.17, 15) is 24.9 Å². The highest BCUT2D eigenvalue weighted by Crippen LogP contribution is 2.67. The minimum Gasteiger partial charge on any atom is -0.393 e. The largest absolute Gasteiger partial charge is 0.393 e. The van der Waals surface area contributed by atoms with Gasteiger partial charge in [-0.1, -0.05) is 32.4 Å². The Hall–Kier alpha value is -1.30. The van der Waals surface area contributed by atoms with Gasteiger partial charge in [0.2, 0.25) is 0 Å². The summed E-state index contributed by atoms with van der Waals surface area (Å²) >= 11 is 0. The molecule has 8 atom stereocenters. The highest BCUT2D eigenvalue weighted by Gasteiger charge is 2.68. The molecule has 0 bridgehead atoms. The number of hydrogen-bond donors (Lipinski definition) is 3. The van der Waals surface area contributed by atoms with Crippen molar-refractivity contribution >= 4 is 11.6 Å². The quantitative estimate of drug-likeness (QED) is 0.685. The number of allylic oxidation sites excluding steroid dienone is 4. The fourth-order valence-corrected chi connectivity index (χ4v) is 7.34. The zero-order valence-electron chi connectivity index (χ0n) is 16.3. The molecule has 5 nitrogen and oxygen atoms in total. The first-order chi connectivity index (χ1) is 12.6. The molecule has 0 saturated heterocycles. The fraction of sp³-hybridized carbons (Fsp3) is 0.727. The van der Waals surface area contributed by atoms with Crippen molar-refractivity contribution in [3.8, 4) is 0 Å². The van der Waals surface area contributed by atoms with Crippen LogP contribution in [0.1, 0.15) is 46.5 Å². The second kappa shape index (κ2) is 5.85. The molecule has 3 N–H and O–H groups in total. The van der Waals surface area contributed by atoms with E-state index < -0.39 is 29.5 Å². The first-order valence-corrected chi connectivity index (χ1v) is 10.1. The molecule has 3 fully saturated rings. The van der Waals surface area contributed by atoms with Crippen LogP contribution in [0.3, 0.4) is 0 Å². The predicted octanol–water partition coefficient (Wildman–Crippen LogP) is 1.80. The van der Waals surface area contributed by atoms with Gasteiger partial charge >= 0.3 is 0 Å². The number of hydrogen-bond acceptors (Lipinski definition) is 5. The van der Waals surface area contributed by atoms with Gasteiger partial charge in [-0.15, -0.1) is 0 Å². The van der Waals surface area contributed by atoms with Crippen molar-refractivity contribution in [3.05, 3.63) is 23.8 Å². The van der Waals surface area contributed by atoms with Crippen LogP contribution in [0.4, 0.5) is 0 Å². The van der Waals surface area contributed by atoms with Crippen molar-refractivity contribution in [2.75, 3.05) is 6.61 Å². The van der Waals surface area contributed by atoms with E-state index in [-0.39, 0.29) is 34.9 Å². The summed E-state index contributed by atoms with van der Waals surface area (Å²) in [6, 6.07) is 0. The number of aliphatic hydroxyl groups excluding tert-OH is 2. The van der Waals surface area contributed by atoms with Crippen LogP contribution in [0, 0.1) is 34.5 Å². The van der Waals surface area contributed by atoms with E-state index in [1.807, 2.05) is 13.0 Å². The fourth-order valence-electron chi connectivity index (χ4n) is 7.34. The Labute approximate surface area is 160 Å². The molecule has 0 radical (unpaired) electrons. The summed E-state index contributed by atoms with van der Waals surface area (Å²) in [4.78, 5) is 24.4. The Kier molecular flexibility index (Phi) is 4.12. The van der Waals surface area contributed by atoms with Crippen LogP contribution in [0.5, 0.6) is 0 Å². The summed E-state index contributed by atoms with van der Waals surface area (Å²) in [5.41, 5.74) is -1.59. The molecule has 5 heteroatoms. The van der Waals surface area contributed by atoms with Crippen LogP contribution in [0.25, 0.3) is 0 Å². The highest BCUT2D eigenvalue weighted by molar-refractivity contribution is 6.01. The van der Waals surface area contributed by atoms with Gasteiger partial charge in [0.15, 0.2) is 11.6 Å². The van der Waals surface area contributed by atoms with Crippen LogP contribution in [0.15, 0.2) is 23.8 Å². The summed E-state index contributed by atoms with van der Waals surface area (Å²) in [6.45, 7) is 5.48. The van der Waals surface area contributed by atoms with Gasteiger partial charge in [-0.25, -0.2) is 0 Å². The molecule has 4 aliphatic rings. The molecule has 0 aromatic heterocycles. The number of fused-ring (bicyclic) bond motifs is 5. The standard InChI is InChI=1S/C22H30O5/c1-12-8-14-15-5-7-22(27,18(26)11-23)21(15,3)10-17(25)19(14)20(2)6-4-13(24)9-16(12)20/h4,6,9,12,14-15,17,19,23,25,27H,5,7-8,10-11H2,1-3H3/t12-,14?,15?,17?,19?,20-,21-,22-/m0/s1. The molecule has 0 aromatic rings. The van der Waals surface area contributed by atoms with Gasteiger partial charge in [-0.05, 0) is 55.6 Å². The smallest absolute Gasteiger partial charge is 0.190 e. The first kappa shape index (κ1) is 19.0. The van der Waals surface area contributed by atoms with Crippen LogP contribution in [-0.2, 0) is 9.59 Å². The summed E-state index contributed by atoms with van der Waals surface area (Å²) in [5, 5.41) is 31.9. The lowest BCUT2D eigenvalue weighted by Crippen LogP contribution is -2.62. The molecule has 148 valence electrons. The van der Waals surface area contributed by atoms with Crippen LogP contribution >= 0.6 is 0 Å². The number of ketones is 2. The maximum atomic E-state index is 12.4. The molecular formula is C22H30O5. The molecule has 0 heterocycles.